The van der Waals surface area contributed by atoms with Crippen LogP contribution in [0.5, 0.6) is 0 Å². The topological polar surface area (TPSA) is 186 Å². The van der Waals surface area contributed by atoms with Crippen LogP contribution >= 0.6 is 0 Å². The summed E-state index contributed by atoms with van der Waals surface area (Å²) in [5.74, 6) is -1.50. The fourth-order valence-corrected chi connectivity index (χ4v) is 5.86. The standard InChI is InChI=1S/C25H45BN6O6/c1-24(2,3)31-23(37)30-16(11-28-26(6)38)22(36)32-12-14-17(25(14,4)5)18(32)21(35)29-15(19(33)20(27)34)10-13-8-7-9-13/h13-19,28,33,38H,7-12H2,1-6H3,(H2,27,34)(H,29,35)(H2,30,31,37)/t14?,15?,16-,17-,18-,19?/m0/s1. The highest BCUT2D eigenvalue weighted by molar-refractivity contribution is 6.45. The van der Waals surface area contributed by atoms with Crippen molar-refractivity contribution in [1.82, 2.24) is 26.1 Å². The number of aliphatic hydroxyl groups excluding tert-OH is 1. The Morgan fingerprint density at radius 2 is 1.79 bits per heavy atom. The molecule has 3 aliphatic rings. The second-order valence-electron chi connectivity index (χ2n) is 12.9. The largest absolute Gasteiger partial charge is 0.437 e. The maximum Gasteiger partial charge on any atom is 0.373 e. The number of hydrogen-bond acceptors (Lipinski definition) is 7. The van der Waals surface area contributed by atoms with Crippen molar-refractivity contribution in [2.24, 2.45) is 28.9 Å². The minimum atomic E-state index is -1.53. The summed E-state index contributed by atoms with van der Waals surface area (Å²) in [6.07, 6.45) is 1.90. The van der Waals surface area contributed by atoms with Crippen LogP contribution < -0.4 is 26.9 Å². The van der Waals surface area contributed by atoms with E-state index < -0.39 is 60.6 Å². The molecule has 0 radical (unpaired) electrons. The molecule has 0 aromatic heterocycles. The quantitative estimate of drug-likeness (QED) is 0.168. The average molecular weight is 536 g/mol. The molecule has 12 nitrogen and oxygen atoms in total. The number of nitrogens with one attached hydrogen (secondary N) is 4. The number of likely N-dealkylation sites (tertiary alicyclic amines) is 1. The Morgan fingerprint density at radius 1 is 1.16 bits per heavy atom. The Bertz CT molecular complexity index is 921. The van der Waals surface area contributed by atoms with E-state index >= 15 is 0 Å². The maximum absolute atomic E-state index is 13.8. The summed E-state index contributed by atoms with van der Waals surface area (Å²) in [7, 11) is -0.912. The lowest BCUT2D eigenvalue weighted by molar-refractivity contribution is -0.143. The number of primary amides is 1. The minimum Gasteiger partial charge on any atom is -0.437 e. The summed E-state index contributed by atoms with van der Waals surface area (Å²) in [6, 6.07) is -3.25. The number of nitrogens with zero attached hydrogens (tertiary/aromatic N) is 1. The second-order valence-corrected chi connectivity index (χ2v) is 12.9. The molecule has 38 heavy (non-hydrogen) atoms. The molecule has 3 unspecified atom stereocenters. The van der Waals surface area contributed by atoms with E-state index in [4.69, 9.17) is 5.73 Å². The van der Waals surface area contributed by atoms with Crippen molar-refractivity contribution in [1.29, 1.82) is 0 Å². The smallest absolute Gasteiger partial charge is 0.373 e. The maximum atomic E-state index is 13.8. The molecule has 5 amide bonds. The molecule has 2 saturated carbocycles. The predicted octanol–water partition coefficient (Wildman–Crippen LogP) is -0.843. The molecule has 1 aliphatic heterocycles. The molecule has 2 aliphatic carbocycles. The van der Waals surface area contributed by atoms with Gasteiger partial charge in [-0.05, 0) is 57.2 Å². The number of piperidine rings is 1. The highest BCUT2D eigenvalue weighted by atomic mass is 16.3. The van der Waals surface area contributed by atoms with Gasteiger partial charge in [-0.3, -0.25) is 14.4 Å². The summed E-state index contributed by atoms with van der Waals surface area (Å²) in [5, 5.41) is 31.2. The third kappa shape index (κ3) is 6.98. The van der Waals surface area contributed by atoms with Crippen molar-refractivity contribution < 1.29 is 29.3 Å². The number of urea groups is 1. The van der Waals surface area contributed by atoms with Crippen molar-refractivity contribution in [2.45, 2.75) is 96.9 Å². The van der Waals surface area contributed by atoms with Crippen LogP contribution in [0.25, 0.3) is 0 Å². The van der Waals surface area contributed by atoms with Crippen LogP contribution in [0.3, 0.4) is 0 Å². The van der Waals surface area contributed by atoms with Crippen LogP contribution in [-0.2, 0) is 14.4 Å². The molecule has 13 heteroatoms. The van der Waals surface area contributed by atoms with Gasteiger partial charge in [0.1, 0.15) is 12.1 Å². The first-order valence-electron chi connectivity index (χ1n) is 13.6. The Balaban J connectivity index is 1.80. The molecule has 3 fully saturated rings. The first-order chi connectivity index (χ1) is 17.5. The van der Waals surface area contributed by atoms with Crippen LogP contribution in [0, 0.1) is 23.2 Å². The van der Waals surface area contributed by atoms with Crippen molar-refractivity contribution in [3.8, 4) is 0 Å². The summed E-state index contributed by atoms with van der Waals surface area (Å²) < 4.78 is 0. The minimum absolute atomic E-state index is 0.0394. The normalized spacial score (nSPS) is 26.3. The second kappa shape index (κ2) is 11.4. The van der Waals surface area contributed by atoms with Crippen LogP contribution in [0.15, 0.2) is 0 Å². The first-order valence-corrected chi connectivity index (χ1v) is 13.6. The fraction of sp³-hybridized carbons (Fsp3) is 0.840. The molecule has 6 atom stereocenters. The van der Waals surface area contributed by atoms with Crippen LogP contribution in [0.4, 0.5) is 4.79 Å². The van der Waals surface area contributed by atoms with E-state index in [-0.39, 0.29) is 23.8 Å². The van der Waals surface area contributed by atoms with Crippen molar-refractivity contribution >= 4 is 30.8 Å². The highest BCUT2D eigenvalue weighted by Crippen LogP contribution is 2.64. The number of hydrogen-bond donors (Lipinski definition) is 7. The van der Waals surface area contributed by atoms with Gasteiger partial charge in [-0.2, -0.15) is 0 Å². The fourth-order valence-electron chi connectivity index (χ4n) is 5.86. The van der Waals surface area contributed by atoms with Crippen LogP contribution in [-0.4, -0.2) is 88.7 Å². The van der Waals surface area contributed by atoms with Crippen molar-refractivity contribution in [2.75, 3.05) is 13.1 Å². The molecular weight excluding hydrogens is 491 g/mol. The third-order valence-electron chi connectivity index (χ3n) is 8.28. The Labute approximate surface area is 225 Å². The number of nitrogens with two attached hydrogens (primary N) is 1. The molecule has 0 aromatic rings. The van der Waals surface area contributed by atoms with Crippen LogP contribution in [0.2, 0.25) is 6.82 Å². The zero-order valence-electron chi connectivity index (χ0n) is 23.4. The van der Waals surface area contributed by atoms with Gasteiger partial charge in [0.25, 0.3) is 0 Å². The van der Waals surface area contributed by atoms with E-state index in [9.17, 15) is 29.3 Å². The van der Waals surface area contributed by atoms with Gasteiger partial charge >= 0.3 is 13.1 Å². The SMILES string of the molecule is CB(O)NC[C@H](NC(=O)NC(C)(C)C)C(=O)N1CC2[C@@H]([C@H]1C(=O)NC(CC1CCC1)C(O)C(N)=O)C2(C)C. The van der Waals surface area contributed by atoms with Crippen LogP contribution in [0.1, 0.15) is 60.3 Å². The molecule has 8 N–H and O–H groups in total. The van der Waals surface area contributed by atoms with E-state index in [1.54, 1.807) is 0 Å². The van der Waals surface area contributed by atoms with Gasteiger partial charge in [0.15, 0.2) is 6.10 Å². The van der Waals surface area contributed by atoms with Gasteiger partial charge in [0, 0.05) is 18.6 Å². The van der Waals surface area contributed by atoms with Gasteiger partial charge in [-0.25, -0.2) is 4.79 Å². The number of rotatable bonds is 11. The average Bonchev–Trinajstić information content (AvgIpc) is 3.09. The van der Waals surface area contributed by atoms with E-state index in [2.05, 4.69) is 35.0 Å². The van der Waals surface area contributed by atoms with Gasteiger partial charge in [-0.1, -0.05) is 33.1 Å². The van der Waals surface area contributed by atoms with E-state index in [0.717, 1.165) is 19.3 Å². The molecule has 0 aromatic carbocycles. The lowest BCUT2D eigenvalue weighted by atomic mass is 9.79. The van der Waals surface area contributed by atoms with Gasteiger partial charge in [-0.15, -0.1) is 0 Å². The van der Waals surface area contributed by atoms with E-state index in [1.165, 1.54) is 11.7 Å². The highest BCUT2D eigenvalue weighted by Gasteiger charge is 2.69. The lowest BCUT2D eigenvalue weighted by Gasteiger charge is -2.36. The van der Waals surface area contributed by atoms with Crippen molar-refractivity contribution in [3.05, 3.63) is 0 Å². The third-order valence-corrected chi connectivity index (χ3v) is 8.28. The summed E-state index contributed by atoms with van der Waals surface area (Å²) in [5.41, 5.74) is 4.67. The first kappa shape index (κ1) is 30.2. The van der Waals surface area contributed by atoms with E-state index in [0.29, 0.717) is 18.9 Å². The molecule has 1 heterocycles. The van der Waals surface area contributed by atoms with E-state index in [1.807, 2.05) is 20.8 Å². The predicted molar refractivity (Wildman–Crippen MR) is 142 cm³/mol. The zero-order valence-corrected chi connectivity index (χ0v) is 23.4. The number of carbonyl (C=O) groups is 4. The van der Waals surface area contributed by atoms with Gasteiger partial charge in [0.05, 0.1) is 6.04 Å². The molecule has 0 spiro atoms. The Hall–Kier alpha value is -2.38. The molecule has 3 rings (SSSR count). The van der Waals surface area contributed by atoms with Gasteiger partial charge in [0.2, 0.25) is 17.7 Å². The van der Waals surface area contributed by atoms with Crippen molar-refractivity contribution in [3.63, 3.8) is 0 Å². The summed E-state index contributed by atoms with van der Waals surface area (Å²) >= 11 is 0. The molecule has 214 valence electrons. The number of fused-ring (bicyclic) bond motifs is 1. The Morgan fingerprint density at radius 3 is 2.29 bits per heavy atom. The zero-order chi connectivity index (χ0) is 28.6. The monoisotopic (exact) mass is 536 g/mol. The molecule has 0 bridgehead atoms. The number of carbonyl (C=O) groups excluding carboxylic acids is 4. The number of aliphatic hydroxyl groups is 1. The number of amides is 5. The summed E-state index contributed by atoms with van der Waals surface area (Å²) in [6.45, 7) is 11.4. The molecule has 1 saturated heterocycles. The molecular formula is C25H45BN6O6. The summed E-state index contributed by atoms with van der Waals surface area (Å²) in [4.78, 5) is 53.3. The Kier molecular flexibility index (Phi) is 9.04. The van der Waals surface area contributed by atoms with Gasteiger partial charge < -0.3 is 41.9 Å². The lowest BCUT2D eigenvalue weighted by Crippen LogP contribution is -2.62.